The van der Waals surface area contributed by atoms with E-state index in [0.717, 1.165) is 45.4 Å². The van der Waals surface area contributed by atoms with E-state index in [-0.39, 0.29) is 23.8 Å². The number of nitrogens with two attached hydrogens (primary N) is 1. The third-order valence-electron chi connectivity index (χ3n) is 9.35. The number of aliphatic hydroxyl groups is 1. The first-order chi connectivity index (χ1) is 20.9. The summed E-state index contributed by atoms with van der Waals surface area (Å²) < 4.78 is 5.04. The topological polar surface area (TPSA) is 124 Å². The molecule has 9 nitrogen and oxygen atoms in total. The summed E-state index contributed by atoms with van der Waals surface area (Å²) in [4.78, 5) is 31.6. The summed E-state index contributed by atoms with van der Waals surface area (Å²) in [6.45, 7) is 8.33. The van der Waals surface area contributed by atoms with E-state index < -0.39 is 6.10 Å². The SMILES string of the molecule is C=CCN.COC(=O)[C@@H]1[C@H]2C[C@H]3c4[nH]c5ccccc5c4CCN3C[C@@H]2CC[C@@H]1O.O=C1NCCN1Cc1ccccc1. The van der Waals surface area contributed by atoms with Gasteiger partial charge in [-0.15, -0.1) is 6.58 Å². The summed E-state index contributed by atoms with van der Waals surface area (Å²) in [6, 6.07) is 18.9. The molecule has 2 saturated heterocycles. The van der Waals surface area contributed by atoms with Crippen LogP contribution in [0.5, 0.6) is 0 Å². The fourth-order valence-corrected chi connectivity index (χ4v) is 7.27. The molecular weight excluding hydrogens is 542 g/mol. The summed E-state index contributed by atoms with van der Waals surface area (Å²) in [7, 11) is 1.43. The van der Waals surface area contributed by atoms with Crippen LogP contribution < -0.4 is 11.1 Å². The molecule has 230 valence electrons. The predicted octanol–water partition coefficient (Wildman–Crippen LogP) is 3.99. The number of hydrogen-bond donors (Lipinski definition) is 4. The van der Waals surface area contributed by atoms with Gasteiger partial charge in [-0.05, 0) is 54.7 Å². The largest absolute Gasteiger partial charge is 0.469 e. The lowest BCUT2D eigenvalue weighted by molar-refractivity contribution is -0.160. The number of carbonyl (C=O) groups excluding carboxylic acids is 2. The number of para-hydroxylation sites is 1. The van der Waals surface area contributed by atoms with Gasteiger partial charge < -0.3 is 30.8 Å². The van der Waals surface area contributed by atoms with E-state index in [1.54, 1.807) is 6.08 Å². The van der Waals surface area contributed by atoms with Gasteiger partial charge in [-0.1, -0.05) is 54.6 Å². The molecule has 1 aromatic heterocycles. The van der Waals surface area contributed by atoms with Crippen LogP contribution in [0.3, 0.4) is 0 Å². The average Bonchev–Trinajstić information content (AvgIpc) is 3.63. The number of carbonyl (C=O) groups is 2. The third-order valence-corrected chi connectivity index (χ3v) is 9.35. The maximum absolute atomic E-state index is 12.4. The molecule has 1 saturated carbocycles. The first-order valence-corrected chi connectivity index (χ1v) is 15.4. The van der Waals surface area contributed by atoms with Gasteiger partial charge in [0.25, 0.3) is 0 Å². The number of aliphatic hydroxyl groups excluding tert-OH is 1. The quantitative estimate of drug-likeness (QED) is 0.270. The van der Waals surface area contributed by atoms with Crippen LogP contribution in [0.4, 0.5) is 4.79 Å². The van der Waals surface area contributed by atoms with Crippen LogP contribution in [-0.4, -0.2) is 77.8 Å². The lowest BCUT2D eigenvalue weighted by atomic mass is 9.65. The standard InChI is InChI=1S/C21H26N2O3.C10H12N2O.C3H7N/c1-26-21(25)19-15-10-17-20-14(13-4-2-3-5-16(13)22-20)8-9-23(17)11-12(15)6-7-18(19)24;13-10-11-6-7-12(10)8-9-4-2-1-3-5-9;1-2-3-4/h2-5,12,15,17-19,22,24H,6-11H2,1H3;1-5H,6-8H2,(H,11,13);2H,1,3-4H2/t12-,15-,17-,18-,19+;;/m0../s1. The molecule has 2 amide bonds. The van der Waals surface area contributed by atoms with Crippen molar-refractivity contribution in [1.82, 2.24) is 20.1 Å². The number of esters is 1. The van der Waals surface area contributed by atoms with Crippen LogP contribution in [0.2, 0.25) is 0 Å². The Bertz CT molecular complexity index is 1390. The zero-order valence-electron chi connectivity index (χ0n) is 25.1. The highest BCUT2D eigenvalue weighted by molar-refractivity contribution is 5.85. The minimum Gasteiger partial charge on any atom is -0.469 e. The summed E-state index contributed by atoms with van der Waals surface area (Å²) >= 11 is 0. The third kappa shape index (κ3) is 6.79. The first kappa shape index (κ1) is 30.8. The molecule has 0 radical (unpaired) electrons. The van der Waals surface area contributed by atoms with Gasteiger partial charge >= 0.3 is 12.0 Å². The van der Waals surface area contributed by atoms with Crippen molar-refractivity contribution >= 4 is 22.9 Å². The zero-order valence-corrected chi connectivity index (χ0v) is 25.1. The smallest absolute Gasteiger partial charge is 0.317 e. The van der Waals surface area contributed by atoms with E-state index >= 15 is 0 Å². The molecule has 3 aromatic rings. The summed E-state index contributed by atoms with van der Waals surface area (Å²) in [5.74, 6) is 0.0541. The molecular formula is C34H45N5O4. The number of piperidine rings is 1. The Morgan fingerprint density at radius 1 is 1.14 bits per heavy atom. The van der Waals surface area contributed by atoms with Crippen molar-refractivity contribution in [2.75, 3.05) is 39.8 Å². The van der Waals surface area contributed by atoms with E-state index in [4.69, 9.17) is 10.5 Å². The van der Waals surface area contributed by atoms with Crippen molar-refractivity contribution in [3.05, 3.63) is 84.1 Å². The summed E-state index contributed by atoms with van der Waals surface area (Å²) in [5, 5.41) is 14.6. The highest BCUT2D eigenvalue weighted by atomic mass is 16.5. The highest BCUT2D eigenvalue weighted by Gasteiger charge is 2.49. The van der Waals surface area contributed by atoms with Crippen molar-refractivity contribution in [3.8, 4) is 0 Å². The number of hydrogen-bond acceptors (Lipinski definition) is 6. The molecule has 7 rings (SSSR count). The van der Waals surface area contributed by atoms with E-state index in [0.29, 0.717) is 31.5 Å². The molecule has 5 atom stereocenters. The lowest BCUT2D eigenvalue weighted by Crippen LogP contribution is -2.53. The summed E-state index contributed by atoms with van der Waals surface area (Å²) in [6.07, 6.45) is 4.79. The van der Waals surface area contributed by atoms with Crippen molar-refractivity contribution in [3.63, 3.8) is 0 Å². The van der Waals surface area contributed by atoms with Crippen LogP contribution in [0, 0.1) is 17.8 Å². The number of nitrogens with one attached hydrogen (secondary N) is 2. The van der Waals surface area contributed by atoms with Crippen LogP contribution in [0.1, 0.15) is 42.1 Å². The second kappa shape index (κ2) is 14.2. The predicted molar refractivity (Wildman–Crippen MR) is 168 cm³/mol. The molecule has 3 fully saturated rings. The molecule has 0 bridgehead atoms. The maximum atomic E-state index is 12.4. The van der Waals surface area contributed by atoms with Crippen LogP contribution >= 0.6 is 0 Å². The number of nitrogens with zero attached hydrogens (tertiary/aromatic N) is 2. The lowest BCUT2D eigenvalue weighted by Gasteiger charge is -2.50. The summed E-state index contributed by atoms with van der Waals surface area (Å²) in [5.41, 5.74) is 10.0. The molecule has 4 aliphatic rings. The van der Waals surface area contributed by atoms with Gasteiger partial charge in [0.1, 0.15) is 0 Å². The minimum atomic E-state index is -0.568. The van der Waals surface area contributed by atoms with Crippen molar-refractivity contribution in [1.29, 1.82) is 0 Å². The molecule has 4 heterocycles. The molecule has 3 aliphatic heterocycles. The number of aromatic nitrogens is 1. The van der Waals surface area contributed by atoms with E-state index in [9.17, 15) is 14.7 Å². The van der Waals surface area contributed by atoms with Gasteiger partial charge in [0.05, 0.1) is 25.2 Å². The molecule has 1 aliphatic carbocycles. The second-order valence-electron chi connectivity index (χ2n) is 11.8. The van der Waals surface area contributed by atoms with E-state index in [1.807, 2.05) is 35.2 Å². The van der Waals surface area contributed by atoms with Crippen LogP contribution in [0.25, 0.3) is 10.9 Å². The number of H-pyrrole nitrogens is 1. The molecule has 43 heavy (non-hydrogen) atoms. The Kier molecular flexibility index (Phi) is 10.2. The van der Waals surface area contributed by atoms with Gasteiger partial charge in [0.15, 0.2) is 0 Å². The number of methoxy groups -OCH3 is 1. The van der Waals surface area contributed by atoms with Crippen molar-refractivity contribution < 1.29 is 19.4 Å². The molecule has 0 spiro atoms. The Labute approximate surface area is 254 Å². The average molecular weight is 588 g/mol. The second-order valence-corrected chi connectivity index (χ2v) is 11.8. The minimum absolute atomic E-state index is 0.0452. The van der Waals surface area contributed by atoms with Crippen LogP contribution in [0.15, 0.2) is 67.3 Å². The van der Waals surface area contributed by atoms with Gasteiger partial charge in [-0.2, -0.15) is 0 Å². The van der Waals surface area contributed by atoms with Crippen molar-refractivity contribution in [2.45, 2.75) is 44.4 Å². The first-order valence-electron chi connectivity index (χ1n) is 15.4. The highest BCUT2D eigenvalue weighted by Crippen LogP contribution is 2.49. The van der Waals surface area contributed by atoms with Gasteiger partial charge in [0, 0.05) is 55.9 Å². The fourth-order valence-electron chi connectivity index (χ4n) is 7.27. The normalized spacial score (nSPS) is 26.0. The number of benzene rings is 2. The number of urea groups is 1. The number of ether oxygens (including phenoxy) is 1. The number of amides is 2. The number of fused-ring (bicyclic) bond motifs is 6. The van der Waals surface area contributed by atoms with Gasteiger partial charge in [0.2, 0.25) is 0 Å². The Hall–Kier alpha value is -3.66. The molecule has 0 unspecified atom stereocenters. The Balaban J connectivity index is 0.000000181. The van der Waals surface area contributed by atoms with E-state index in [1.165, 1.54) is 34.8 Å². The molecule has 2 aromatic carbocycles. The van der Waals surface area contributed by atoms with Gasteiger partial charge in [-0.3, -0.25) is 9.69 Å². The molecule has 5 N–H and O–H groups in total. The van der Waals surface area contributed by atoms with E-state index in [2.05, 4.69) is 46.0 Å². The van der Waals surface area contributed by atoms with Crippen LogP contribution in [-0.2, 0) is 22.5 Å². The maximum Gasteiger partial charge on any atom is 0.317 e. The van der Waals surface area contributed by atoms with Gasteiger partial charge in [-0.25, -0.2) is 4.79 Å². The monoisotopic (exact) mass is 587 g/mol. The zero-order chi connectivity index (χ0) is 30.3. The fraction of sp³-hybridized carbons (Fsp3) is 0.471. The Morgan fingerprint density at radius 2 is 1.88 bits per heavy atom. The number of aromatic amines is 1. The Morgan fingerprint density at radius 3 is 2.58 bits per heavy atom. The molecule has 9 heteroatoms. The number of rotatable bonds is 4. The van der Waals surface area contributed by atoms with Crippen molar-refractivity contribution in [2.24, 2.45) is 23.5 Å².